The van der Waals surface area contributed by atoms with Crippen molar-refractivity contribution in [3.63, 3.8) is 0 Å². The fourth-order valence-corrected chi connectivity index (χ4v) is 3.51. The quantitative estimate of drug-likeness (QED) is 0.837. The summed E-state index contributed by atoms with van der Waals surface area (Å²) in [5.74, 6) is -0.545. The van der Waals surface area contributed by atoms with Gasteiger partial charge in [0.1, 0.15) is 10.7 Å². The molecule has 0 heterocycles. The van der Waals surface area contributed by atoms with Crippen LogP contribution in [-0.4, -0.2) is 25.8 Å². The molecule has 0 radical (unpaired) electrons. The zero-order chi connectivity index (χ0) is 13.9. The number of nitrogens with zero attached hydrogens (tertiary/aromatic N) is 1. The predicted molar refractivity (Wildman–Crippen MR) is 70.1 cm³/mol. The van der Waals surface area contributed by atoms with E-state index in [1.807, 2.05) is 13.8 Å². The van der Waals surface area contributed by atoms with Gasteiger partial charge in [-0.15, -0.1) is 0 Å². The SMILES string of the molecule is CCC(CC)N(C)S(=O)(=O)c1ccc(F)cc1N. The number of hydrogen-bond acceptors (Lipinski definition) is 3. The van der Waals surface area contributed by atoms with Crippen LogP contribution in [0.2, 0.25) is 0 Å². The molecule has 18 heavy (non-hydrogen) atoms. The fraction of sp³-hybridized carbons (Fsp3) is 0.500. The van der Waals surface area contributed by atoms with Crippen LogP contribution in [0.25, 0.3) is 0 Å². The van der Waals surface area contributed by atoms with Crippen molar-refractivity contribution in [2.45, 2.75) is 37.6 Å². The molecule has 6 heteroatoms. The molecule has 0 aliphatic rings. The van der Waals surface area contributed by atoms with Crippen molar-refractivity contribution < 1.29 is 12.8 Å². The summed E-state index contributed by atoms with van der Waals surface area (Å²) in [6.45, 7) is 3.85. The summed E-state index contributed by atoms with van der Waals surface area (Å²) in [4.78, 5) is -0.0432. The topological polar surface area (TPSA) is 63.4 Å². The van der Waals surface area contributed by atoms with E-state index in [2.05, 4.69) is 0 Å². The van der Waals surface area contributed by atoms with E-state index in [0.29, 0.717) is 12.8 Å². The highest BCUT2D eigenvalue weighted by Gasteiger charge is 2.27. The highest BCUT2D eigenvalue weighted by Crippen LogP contribution is 2.25. The molecule has 1 aromatic carbocycles. The molecule has 1 aromatic rings. The summed E-state index contributed by atoms with van der Waals surface area (Å²) in [5.41, 5.74) is 5.52. The Bertz CT molecular complexity index is 513. The van der Waals surface area contributed by atoms with Gasteiger partial charge in [0.15, 0.2) is 0 Å². The van der Waals surface area contributed by atoms with Crippen molar-refractivity contribution in [1.82, 2.24) is 4.31 Å². The minimum Gasteiger partial charge on any atom is -0.398 e. The van der Waals surface area contributed by atoms with E-state index in [9.17, 15) is 12.8 Å². The third-order valence-corrected chi connectivity index (χ3v) is 5.07. The van der Waals surface area contributed by atoms with Crippen LogP contribution in [0.5, 0.6) is 0 Å². The molecule has 0 amide bonds. The number of rotatable bonds is 5. The maximum absolute atomic E-state index is 12.9. The Balaban J connectivity index is 3.21. The second-order valence-electron chi connectivity index (χ2n) is 4.17. The first kappa shape index (κ1) is 14.9. The highest BCUT2D eigenvalue weighted by atomic mass is 32.2. The molecule has 2 N–H and O–H groups in total. The van der Waals surface area contributed by atoms with Gasteiger partial charge in [-0.25, -0.2) is 12.8 Å². The lowest BCUT2D eigenvalue weighted by Crippen LogP contribution is -2.36. The number of nitrogen functional groups attached to an aromatic ring is 1. The lowest BCUT2D eigenvalue weighted by Gasteiger charge is -2.26. The van der Waals surface area contributed by atoms with Crippen LogP contribution in [0, 0.1) is 5.82 Å². The molecule has 0 aliphatic carbocycles. The number of anilines is 1. The minimum atomic E-state index is -3.67. The zero-order valence-electron chi connectivity index (χ0n) is 10.9. The van der Waals surface area contributed by atoms with Gasteiger partial charge in [0.2, 0.25) is 10.0 Å². The van der Waals surface area contributed by atoms with Gasteiger partial charge in [-0.2, -0.15) is 4.31 Å². The van der Waals surface area contributed by atoms with Crippen molar-refractivity contribution in [2.75, 3.05) is 12.8 Å². The Hall–Kier alpha value is -1.14. The number of nitrogens with two attached hydrogens (primary N) is 1. The van der Waals surface area contributed by atoms with Crippen LogP contribution in [0.4, 0.5) is 10.1 Å². The largest absolute Gasteiger partial charge is 0.398 e. The summed E-state index contributed by atoms with van der Waals surface area (Å²) in [6, 6.07) is 3.25. The molecule has 0 atom stereocenters. The van der Waals surface area contributed by atoms with E-state index in [4.69, 9.17) is 5.73 Å². The molecule has 0 fully saturated rings. The van der Waals surface area contributed by atoms with Gasteiger partial charge >= 0.3 is 0 Å². The second kappa shape index (κ2) is 5.67. The second-order valence-corrected chi connectivity index (χ2v) is 6.14. The van der Waals surface area contributed by atoms with Crippen LogP contribution in [0.1, 0.15) is 26.7 Å². The molecule has 0 aliphatic heterocycles. The van der Waals surface area contributed by atoms with Crippen molar-refractivity contribution in [3.05, 3.63) is 24.0 Å². The average Bonchev–Trinajstić information content (AvgIpc) is 2.29. The molecule has 0 saturated heterocycles. The lowest BCUT2D eigenvalue weighted by molar-refractivity contribution is 0.350. The van der Waals surface area contributed by atoms with Crippen molar-refractivity contribution in [1.29, 1.82) is 0 Å². The van der Waals surface area contributed by atoms with Crippen molar-refractivity contribution in [3.8, 4) is 0 Å². The maximum atomic E-state index is 12.9. The van der Waals surface area contributed by atoms with Crippen LogP contribution in [-0.2, 0) is 10.0 Å². The Morgan fingerprint density at radius 3 is 2.33 bits per heavy atom. The Morgan fingerprint density at radius 2 is 1.89 bits per heavy atom. The Labute approximate surface area is 108 Å². The summed E-state index contributed by atoms with van der Waals surface area (Å²) < 4.78 is 38.9. The normalized spacial score (nSPS) is 12.3. The molecule has 0 saturated carbocycles. The molecular formula is C12H19FN2O2S. The molecule has 0 unspecified atom stereocenters. The smallest absolute Gasteiger partial charge is 0.245 e. The first-order chi connectivity index (χ1) is 8.34. The first-order valence-corrected chi connectivity index (χ1v) is 7.31. The summed E-state index contributed by atoms with van der Waals surface area (Å²) in [5, 5.41) is 0. The predicted octanol–water partition coefficient (Wildman–Crippen LogP) is 2.22. The average molecular weight is 274 g/mol. The van der Waals surface area contributed by atoms with Crippen LogP contribution in [0.3, 0.4) is 0 Å². The van der Waals surface area contributed by atoms with Gasteiger partial charge in [-0.3, -0.25) is 0 Å². The van der Waals surface area contributed by atoms with E-state index in [-0.39, 0.29) is 16.6 Å². The standard InChI is InChI=1S/C12H19FN2O2S/c1-4-10(5-2)15(3)18(16,17)12-7-6-9(13)8-11(12)14/h6-8,10H,4-5,14H2,1-3H3. The lowest BCUT2D eigenvalue weighted by atomic mass is 10.2. The van der Waals surface area contributed by atoms with Gasteiger partial charge in [0.25, 0.3) is 0 Å². The van der Waals surface area contributed by atoms with Gasteiger partial charge in [0, 0.05) is 13.1 Å². The monoisotopic (exact) mass is 274 g/mol. The van der Waals surface area contributed by atoms with Gasteiger partial charge in [0.05, 0.1) is 5.69 Å². The molecule has 102 valence electrons. The van der Waals surface area contributed by atoms with Crippen LogP contribution < -0.4 is 5.73 Å². The maximum Gasteiger partial charge on any atom is 0.245 e. The molecule has 0 spiro atoms. The molecule has 0 aromatic heterocycles. The number of halogens is 1. The highest BCUT2D eigenvalue weighted by molar-refractivity contribution is 7.89. The fourth-order valence-electron chi connectivity index (χ4n) is 1.91. The van der Waals surface area contributed by atoms with Gasteiger partial charge in [-0.05, 0) is 31.0 Å². The van der Waals surface area contributed by atoms with E-state index in [1.54, 1.807) is 0 Å². The Kier molecular flexibility index (Phi) is 4.70. The number of benzene rings is 1. The van der Waals surface area contributed by atoms with Gasteiger partial charge < -0.3 is 5.73 Å². The molecule has 1 rings (SSSR count). The van der Waals surface area contributed by atoms with Crippen LogP contribution in [0.15, 0.2) is 23.1 Å². The van der Waals surface area contributed by atoms with E-state index < -0.39 is 15.8 Å². The van der Waals surface area contributed by atoms with E-state index >= 15 is 0 Å². The van der Waals surface area contributed by atoms with E-state index in [1.165, 1.54) is 17.4 Å². The molecule has 0 bridgehead atoms. The third kappa shape index (κ3) is 2.81. The van der Waals surface area contributed by atoms with Gasteiger partial charge in [-0.1, -0.05) is 13.8 Å². The summed E-state index contributed by atoms with van der Waals surface area (Å²) in [6.07, 6.45) is 1.43. The van der Waals surface area contributed by atoms with Crippen molar-refractivity contribution >= 4 is 15.7 Å². The molecule has 4 nitrogen and oxygen atoms in total. The summed E-state index contributed by atoms with van der Waals surface area (Å²) >= 11 is 0. The third-order valence-electron chi connectivity index (χ3n) is 3.09. The van der Waals surface area contributed by atoms with Crippen molar-refractivity contribution in [2.24, 2.45) is 0 Å². The molecular weight excluding hydrogens is 255 g/mol. The van der Waals surface area contributed by atoms with E-state index in [0.717, 1.165) is 12.1 Å². The number of sulfonamides is 1. The van der Waals surface area contributed by atoms with Crippen LogP contribution >= 0.6 is 0 Å². The zero-order valence-corrected chi connectivity index (χ0v) is 11.7. The first-order valence-electron chi connectivity index (χ1n) is 5.87. The summed E-state index contributed by atoms with van der Waals surface area (Å²) in [7, 11) is -2.14. The Morgan fingerprint density at radius 1 is 1.33 bits per heavy atom. The minimum absolute atomic E-state index is 0.0432. The number of hydrogen-bond donors (Lipinski definition) is 1.